The standard InChI is InChI=1S/C17H16FNO4S/c1-24(22)15-5-3-2-4-14(15)17(21)23-11-16(20)19-10-12-6-8-13(18)9-7-12/h2-9H,10-11H2,1H3,(H,19,20)/t24-/m1/s1. The summed E-state index contributed by atoms with van der Waals surface area (Å²) in [6, 6.07) is 12.1. The van der Waals surface area contributed by atoms with E-state index in [1.807, 2.05) is 0 Å². The molecule has 0 heterocycles. The van der Waals surface area contributed by atoms with Gasteiger partial charge in [0.1, 0.15) is 5.82 Å². The molecule has 1 N–H and O–H groups in total. The van der Waals surface area contributed by atoms with Crippen LogP contribution in [-0.2, 0) is 26.9 Å². The van der Waals surface area contributed by atoms with Crippen molar-refractivity contribution in [2.24, 2.45) is 0 Å². The molecule has 0 aliphatic rings. The predicted molar refractivity (Wildman–Crippen MR) is 87.3 cm³/mol. The fourth-order valence-electron chi connectivity index (χ4n) is 1.95. The molecule has 0 unspecified atom stereocenters. The largest absolute Gasteiger partial charge is 0.452 e. The second-order valence-corrected chi connectivity index (χ2v) is 6.28. The summed E-state index contributed by atoms with van der Waals surface area (Å²) in [6.45, 7) is -0.253. The Morgan fingerprint density at radius 1 is 1.12 bits per heavy atom. The fraction of sp³-hybridized carbons (Fsp3) is 0.176. The lowest BCUT2D eigenvalue weighted by Gasteiger charge is -2.08. The van der Waals surface area contributed by atoms with Crippen LogP contribution in [0, 0.1) is 5.82 Å². The average Bonchev–Trinajstić information content (AvgIpc) is 2.59. The maximum absolute atomic E-state index is 12.8. The van der Waals surface area contributed by atoms with Crippen LogP contribution in [0.2, 0.25) is 0 Å². The zero-order valence-electron chi connectivity index (χ0n) is 13.0. The van der Waals surface area contributed by atoms with Crippen LogP contribution in [0.3, 0.4) is 0 Å². The van der Waals surface area contributed by atoms with E-state index in [4.69, 9.17) is 4.74 Å². The van der Waals surface area contributed by atoms with Gasteiger partial charge in [-0.3, -0.25) is 9.00 Å². The van der Waals surface area contributed by atoms with Gasteiger partial charge in [-0.05, 0) is 29.8 Å². The lowest BCUT2D eigenvalue weighted by atomic mass is 10.2. The molecule has 2 aromatic carbocycles. The quantitative estimate of drug-likeness (QED) is 0.810. The van der Waals surface area contributed by atoms with E-state index in [-0.39, 0.29) is 17.9 Å². The molecule has 1 atom stereocenters. The van der Waals surface area contributed by atoms with Gasteiger partial charge in [0.05, 0.1) is 21.3 Å². The molecule has 0 aliphatic heterocycles. The van der Waals surface area contributed by atoms with Crippen molar-refractivity contribution in [3.05, 3.63) is 65.5 Å². The first-order valence-electron chi connectivity index (χ1n) is 7.08. The minimum atomic E-state index is -1.34. The molecule has 1 amide bonds. The van der Waals surface area contributed by atoms with E-state index in [9.17, 15) is 18.2 Å². The summed E-state index contributed by atoms with van der Waals surface area (Å²) in [5.74, 6) is -1.55. The molecule has 0 radical (unpaired) electrons. The second kappa shape index (κ2) is 8.35. The summed E-state index contributed by atoms with van der Waals surface area (Å²) >= 11 is 0. The molecular formula is C17H16FNO4S. The number of amides is 1. The molecule has 0 aromatic heterocycles. The highest BCUT2D eigenvalue weighted by Crippen LogP contribution is 2.13. The summed E-state index contributed by atoms with van der Waals surface area (Å²) in [5, 5.41) is 2.56. The van der Waals surface area contributed by atoms with Gasteiger partial charge in [-0.25, -0.2) is 9.18 Å². The zero-order chi connectivity index (χ0) is 17.5. The molecule has 0 spiro atoms. The van der Waals surface area contributed by atoms with Gasteiger partial charge < -0.3 is 10.1 Å². The Balaban J connectivity index is 1.86. The zero-order valence-corrected chi connectivity index (χ0v) is 13.8. The molecule has 0 saturated carbocycles. The summed E-state index contributed by atoms with van der Waals surface area (Å²) in [5.41, 5.74) is 0.896. The Hall–Kier alpha value is -2.54. The first kappa shape index (κ1) is 17.8. The topological polar surface area (TPSA) is 72.5 Å². The van der Waals surface area contributed by atoms with Crippen molar-refractivity contribution >= 4 is 22.7 Å². The maximum Gasteiger partial charge on any atom is 0.339 e. The van der Waals surface area contributed by atoms with Crippen molar-refractivity contribution in [2.75, 3.05) is 12.9 Å². The van der Waals surface area contributed by atoms with Crippen molar-refractivity contribution in [1.29, 1.82) is 0 Å². The molecule has 0 bridgehead atoms. The van der Waals surface area contributed by atoms with Crippen LogP contribution >= 0.6 is 0 Å². The minimum absolute atomic E-state index is 0.171. The monoisotopic (exact) mass is 349 g/mol. The van der Waals surface area contributed by atoms with Gasteiger partial charge in [0.25, 0.3) is 5.91 Å². The molecule has 7 heteroatoms. The molecule has 0 fully saturated rings. The molecule has 126 valence electrons. The third-order valence-corrected chi connectivity index (χ3v) is 4.13. The molecular weight excluding hydrogens is 333 g/mol. The van der Waals surface area contributed by atoms with Crippen molar-refractivity contribution in [2.45, 2.75) is 11.4 Å². The molecule has 0 aliphatic carbocycles. The van der Waals surface area contributed by atoms with Gasteiger partial charge in [0.15, 0.2) is 6.61 Å². The van der Waals surface area contributed by atoms with Crippen LogP contribution < -0.4 is 5.32 Å². The van der Waals surface area contributed by atoms with E-state index >= 15 is 0 Å². The number of rotatable bonds is 6. The number of benzene rings is 2. The van der Waals surface area contributed by atoms with Crippen molar-refractivity contribution < 1.29 is 22.9 Å². The van der Waals surface area contributed by atoms with Crippen LogP contribution in [0.5, 0.6) is 0 Å². The molecule has 0 saturated heterocycles. The van der Waals surface area contributed by atoms with Gasteiger partial charge in [-0.15, -0.1) is 0 Å². The second-order valence-electron chi connectivity index (χ2n) is 4.93. The normalized spacial score (nSPS) is 11.6. The lowest BCUT2D eigenvalue weighted by molar-refractivity contribution is -0.124. The van der Waals surface area contributed by atoms with Crippen LogP contribution in [-0.4, -0.2) is 28.9 Å². The first-order chi connectivity index (χ1) is 11.5. The number of hydrogen-bond acceptors (Lipinski definition) is 4. The minimum Gasteiger partial charge on any atom is -0.452 e. The summed E-state index contributed by atoms with van der Waals surface area (Å²) < 4.78 is 29.3. The number of halogens is 1. The highest BCUT2D eigenvalue weighted by atomic mass is 32.2. The predicted octanol–water partition coefficient (Wildman–Crippen LogP) is 2.04. The molecule has 5 nitrogen and oxygen atoms in total. The third kappa shape index (κ3) is 4.99. The fourth-order valence-corrected chi connectivity index (χ4v) is 2.68. The highest BCUT2D eigenvalue weighted by Gasteiger charge is 2.15. The summed E-state index contributed by atoms with van der Waals surface area (Å²) in [7, 11) is -1.34. The number of ether oxygens (including phenoxy) is 1. The van der Waals surface area contributed by atoms with Gasteiger partial charge >= 0.3 is 5.97 Å². The van der Waals surface area contributed by atoms with Gasteiger partial charge in [0, 0.05) is 12.8 Å². The van der Waals surface area contributed by atoms with Gasteiger partial charge in [-0.2, -0.15) is 0 Å². The Morgan fingerprint density at radius 2 is 1.79 bits per heavy atom. The third-order valence-electron chi connectivity index (χ3n) is 3.15. The van der Waals surface area contributed by atoms with Crippen molar-refractivity contribution in [3.8, 4) is 0 Å². The molecule has 24 heavy (non-hydrogen) atoms. The van der Waals surface area contributed by atoms with Gasteiger partial charge in [0.2, 0.25) is 0 Å². The Bertz CT molecular complexity index is 761. The smallest absolute Gasteiger partial charge is 0.339 e. The van der Waals surface area contributed by atoms with E-state index < -0.39 is 29.3 Å². The molecule has 2 aromatic rings. The Kier molecular flexibility index (Phi) is 6.20. The van der Waals surface area contributed by atoms with Crippen LogP contribution in [0.15, 0.2) is 53.4 Å². The number of carbonyl (C=O) groups is 2. The SMILES string of the molecule is C[S@@](=O)c1ccccc1C(=O)OCC(=O)NCc1ccc(F)cc1. The van der Waals surface area contributed by atoms with Gasteiger partial charge in [-0.1, -0.05) is 24.3 Å². The Morgan fingerprint density at radius 3 is 2.46 bits per heavy atom. The van der Waals surface area contributed by atoms with E-state index in [2.05, 4.69) is 5.32 Å². The van der Waals surface area contributed by atoms with E-state index in [1.54, 1.807) is 30.3 Å². The number of hydrogen-bond donors (Lipinski definition) is 1. The van der Waals surface area contributed by atoms with E-state index in [1.165, 1.54) is 24.5 Å². The summed E-state index contributed by atoms with van der Waals surface area (Å²) in [6.07, 6.45) is 1.46. The van der Waals surface area contributed by atoms with Crippen molar-refractivity contribution in [1.82, 2.24) is 5.32 Å². The number of nitrogens with one attached hydrogen (secondary N) is 1. The van der Waals surface area contributed by atoms with Crippen molar-refractivity contribution in [3.63, 3.8) is 0 Å². The van der Waals surface area contributed by atoms with Crippen LogP contribution in [0.4, 0.5) is 4.39 Å². The molecule has 2 rings (SSSR count). The summed E-state index contributed by atoms with van der Waals surface area (Å²) in [4.78, 5) is 24.1. The average molecular weight is 349 g/mol. The van der Waals surface area contributed by atoms with Crippen LogP contribution in [0.1, 0.15) is 15.9 Å². The highest BCUT2D eigenvalue weighted by molar-refractivity contribution is 7.84. The van der Waals surface area contributed by atoms with E-state index in [0.29, 0.717) is 4.90 Å². The maximum atomic E-state index is 12.8. The lowest BCUT2D eigenvalue weighted by Crippen LogP contribution is -2.28. The Labute approximate surface area is 141 Å². The van der Waals surface area contributed by atoms with E-state index in [0.717, 1.165) is 5.56 Å². The first-order valence-corrected chi connectivity index (χ1v) is 8.64. The van der Waals surface area contributed by atoms with Crippen LogP contribution in [0.25, 0.3) is 0 Å². The number of esters is 1. The number of carbonyl (C=O) groups excluding carboxylic acids is 2.